The third kappa shape index (κ3) is 5.19. The number of hydrogen-bond donors (Lipinski definition) is 1. The standard InChI is InChI=1S/C17H13ClF3N3O4/c1-23(16(26)10-3-2-4-12(7-10)24(27)28)9-15(25)22-11-5-6-14(18)13(8-11)17(19,20)21/h2-8H,9H2,1H3,(H,22,25). The molecule has 2 amide bonds. The minimum absolute atomic E-state index is 0.00431. The van der Waals surface area contributed by atoms with Crippen LogP contribution in [-0.2, 0) is 11.0 Å². The van der Waals surface area contributed by atoms with E-state index in [2.05, 4.69) is 5.32 Å². The Kier molecular flexibility index (Phi) is 6.24. The van der Waals surface area contributed by atoms with Crippen molar-refractivity contribution in [1.82, 2.24) is 4.90 Å². The van der Waals surface area contributed by atoms with Gasteiger partial charge in [-0.2, -0.15) is 13.2 Å². The highest BCUT2D eigenvalue weighted by molar-refractivity contribution is 6.31. The molecule has 0 unspecified atom stereocenters. The summed E-state index contributed by atoms with van der Waals surface area (Å²) >= 11 is 5.51. The van der Waals surface area contributed by atoms with E-state index in [1.807, 2.05) is 0 Å². The van der Waals surface area contributed by atoms with E-state index in [-0.39, 0.29) is 16.9 Å². The van der Waals surface area contributed by atoms with Gasteiger partial charge in [-0.1, -0.05) is 17.7 Å². The van der Waals surface area contributed by atoms with Gasteiger partial charge in [0, 0.05) is 30.4 Å². The molecule has 0 fully saturated rings. The molecule has 1 N–H and O–H groups in total. The Morgan fingerprint density at radius 3 is 2.50 bits per heavy atom. The molecule has 0 radical (unpaired) electrons. The SMILES string of the molecule is CN(CC(=O)Nc1ccc(Cl)c(C(F)(F)F)c1)C(=O)c1cccc([N+](=O)[O-])c1. The Hall–Kier alpha value is -3.14. The van der Waals surface area contributed by atoms with Crippen LogP contribution in [-0.4, -0.2) is 35.2 Å². The quantitative estimate of drug-likeness (QED) is 0.590. The van der Waals surface area contributed by atoms with Gasteiger partial charge in [-0.15, -0.1) is 0 Å². The van der Waals surface area contributed by atoms with Crippen LogP contribution in [0.25, 0.3) is 0 Å². The number of benzene rings is 2. The maximum atomic E-state index is 12.9. The molecular weight excluding hydrogens is 403 g/mol. The highest BCUT2D eigenvalue weighted by atomic mass is 35.5. The van der Waals surface area contributed by atoms with Gasteiger partial charge >= 0.3 is 6.18 Å². The van der Waals surface area contributed by atoms with Crippen molar-refractivity contribution in [3.63, 3.8) is 0 Å². The zero-order chi connectivity index (χ0) is 21.1. The van der Waals surface area contributed by atoms with E-state index < -0.39 is 40.0 Å². The van der Waals surface area contributed by atoms with Crippen LogP contribution in [0.3, 0.4) is 0 Å². The summed E-state index contributed by atoms with van der Waals surface area (Å²) in [6, 6.07) is 7.82. The Morgan fingerprint density at radius 2 is 1.89 bits per heavy atom. The van der Waals surface area contributed by atoms with Gasteiger partial charge in [0.1, 0.15) is 0 Å². The van der Waals surface area contributed by atoms with E-state index in [9.17, 15) is 32.9 Å². The van der Waals surface area contributed by atoms with Crippen LogP contribution in [0.4, 0.5) is 24.5 Å². The molecule has 2 aromatic carbocycles. The molecule has 0 aliphatic rings. The molecule has 0 heterocycles. The van der Waals surface area contributed by atoms with Gasteiger partial charge in [0.25, 0.3) is 11.6 Å². The lowest BCUT2D eigenvalue weighted by molar-refractivity contribution is -0.384. The van der Waals surface area contributed by atoms with Gasteiger partial charge in [0.05, 0.1) is 22.1 Å². The summed E-state index contributed by atoms with van der Waals surface area (Å²) in [5.41, 5.74) is -1.54. The molecule has 0 aromatic heterocycles. The second kappa shape index (κ2) is 8.26. The summed E-state index contributed by atoms with van der Waals surface area (Å²) < 4.78 is 38.6. The highest BCUT2D eigenvalue weighted by Crippen LogP contribution is 2.36. The summed E-state index contributed by atoms with van der Waals surface area (Å²) in [5, 5.41) is 12.5. The maximum absolute atomic E-state index is 12.9. The number of rotatable bonds is 5. The number of likely N-dealkylation sites (N-methyl/N-ethyl adjacent to an activating group) is 1. The first-order chi connectivity index (χ1) is 13.0. The van der Waals surface area contributed by atoms with E-state index in [4.69, 9.17) is 11.6 Å². The monoisotopic (exact) mass is 415 g/mol. The molecular formula is C17H13ClF3N3O4. The molecule has 7 nitrogen and oxygen atoms in total. The Labute approximate surface area is 161 Å². The van der Waals surface area contributed by atoms with E-state index in [0.717, 1.165) is 17.0 Å². The van der Waals surface area contributed by atoms with Crippen molar-refractivity contribution in [3.8, 4) is 0 Å². The predicted molar refractivity (Wildman–Crippen MR) is 95.1 cm³/mol. The molecule has 0 saturated heterocycles. The number of nitro benzene ring substituents is 1. The van der Waals surface area contributed by atoms with Crippen molar-refractivity contribution >= 4 is 34.8 Å². The number of carbonyl (C=O) groups is 2. The summed E-state index contributed by atoms with van der Waals surface area (Å²) in [5.74, 6) is -1.41. The number of halogens is 4. The summed E-state index contributed by atoms with van der Waals surface area (Å²) in [6.07, 6.45) is -4.69. The van der Waals surface area contributed by atoms with Gasteiger partial charge in [0.2, 0.25) is 5.91 Å². The number of alkyl halides is 3. The number of amides is 2. The summed E-state index contributed by atoms with van der Waals surface area (Å²) in [4.78, 5) is 35.4. The molecule has 0 aliphatic heterocycles. The topological polar surface area (TPSA) is 92.6 Å². The first kappa shape index (κ1) is 21.2. The first-order valence-corrected chi connectivity index (χ1v) is 8.03. The molecule has 11 heteroatoms. The van der Waals surface area contributed by atoms with Crippen LogP contribution in [0.2, 0.25) is 5.02 Å². The second-order valence-electron chi connectivity index (χ2n) is 5.71. The van der Waals surface area contributed by atoms with Crippen LogP contribution in [0, 0.1) is 10.1 Å². The third-order valence-electron chi connectivity index (χ3n) is 3.59. The molecule has 0 spiro atoms. The molecule has 148 valence electrons. The molecule has 28 heavy (non-hydrogen) atoms. The van der Waals surface area contributed by atoms with Gasteiger partial charge < -0.3 is 10.2 Å². The fourth-order valence-electron chi connectivity index (χ4n) is 2.28. The fourth-order valence-corrected chi connectivity index (χ4v) is 2.51. The largest absolute Gasteiger partial charge is 0.417 e. The first-order valence-electron chi connectivity index (χ1n) is 7.65. The number of nitro groups is 1. The Balaban J connectivity index is 2.08. The van der Waals surface area contributed by atoms with Gasteiger partial charge in [-0.25, -0.2) is 0 Å². The van der Waals surface area contributed by atoms with Crippen molar-refractivity contribution in [1.29, 1.82) is 0 Å². The molecule has 0 saturated carbocycles. The molecule has 2 rings (SSSR count). The van der Waals surface area contributed by atoms with Crippen LogP contribution in [0.5, 0.6) is 0 Å². The zero-order valence-corrected chi connectivity index (χ0v) is 15.0. The minimum Gasteiger partial charge on any atom is -0.332 e. The van der Waals surface area contributed by atoms with Crippen molar-refractivity contribution in [2.45, 2.75) is 6.18 Å². The molecule has 0 bridgehead atoms. The second-order valence-corrected chi connectivity index (χ2v) is 6.12. The Morgan fingerprint density at radius 1 is 1.21 bits per heavy atom. The van der Waals surface area contributed by atoms with Gasteiger partial charge in [-0.3, -0.25) is 19.7 Å². The number of nitrogens with one attached hydrogen (secondary N) is 1. The van der Waals surface area contributed by atoms with Gasteiger partial charge in [0.15, 0.2) is 0 Å². The average molecular weight is 416 g/mol. The number of non-ortho nitro benzene ring substituents is 1. The molecule has 2 aromatic rings. The fraction of sp³-hybridized carbons (Fsp3) is 0.176. The maximum Gasteiger partial charge on any atom is 0.417 e. The Bertz CT molecular complexity index is 934. The molecule has 0 aliphatic carbocycles. The van der Waals surface area contributed by atoms with Crippen molar-refractivity contribution in [3.05, 3.63) is 68.7 Å². The van der Waals surface area contributed by atoms with Crippen molar-refractivity contribution in [2.75, 3.05) is 18.9 Å². The van der Waals surface area contributed by atoms with Crippen molar-refractivity contribution < 1.29 is 27.7 Å². The number of anilines is 1. The lowest BCUT2D eigenvalue weighted by Gasteiger charge is -2.17. The number of hydrogen-bond acceptors (Lipinski definition) is 4. The molecule has 0 atom stereocenters. The van der Waals surface area contributed by atoms with Gasteiger partial charge in [-0.05, 0) is 24.3 Å². The van der Waals surface area contributed by atoms with Crippen LogP contribution in [0.1, 0.15) is 15.9 Å². The average Bonchev–Trinajstić information content (AvgIpc) is 2.61. The van der Waals surface area contributed by atoms with Crippen LogP contribution >= 0.6 is 11.6 Å². The smallest absolute Gasteiger partial charge is 0.332 e. The predicted octanol–water partition coefficient (Wildman–Crippen LogP) is 3.98. The van der Waals surface area contributed by atoms with E-state index in [1.165, 1.54) is 31.3 Å². The lowest BCUT2D eigenvalue weighted by atomic mass is 10.1. The third-order valence-corrected chi connectivity index (χ3v) is 3.92. The normalized spacial score (nSPS) is 11.0. The number of carbonyl (C=O) groups excluding carboxylic acids is 2. The zero-order valence-electron chi connectivity index (χ0n) is 14.3. The summed E-state index contributed by atoms with van der Waals surface area (Å²) in [7, 11) is 1.28. The minimum atomic E-state index is -4.69. The van der Waals surface area contributed by atoms with E-state index >= 15 is 0 Å². The van der Waals surface area contributed by atoms with Crippen LogP contribution < -0.4 is 5.32 Å². The van der Waals surface area contributed by atoms with E-state index in [1.54, 1.807) is 0 Å². The van der Waals surface area contributed by atoms with Crippen LogP contribution in [0.15, 0.2) is 42.5 Å². The highest BCUT2D eigenvalue weighted by Gasteiger charge is 2.33. The summed E-state index contributed by atoms with van der Waals surface area (Å²) in [6.45, 7) is -0.481. The van der Waals surface area contributed by atoms with E-state index in [0.29, 0.717) is 6.07 Å². The lowest BCUT2D eigenvalue weighted by Crippen LogP contribution is -2.35. The van der Waals surface area contributed by atoms with Crippen molar-refractivity contribution in [2.24, 2.45) is 0 Å². The number of nitrogens with zero attached hydrogens (tertiary/aromatic N) is 2.